The summed E-state index contributed by atoms with van der Waals surface area (Å²) in [5, 5.41) is 0.979. The first-order valence-electron chi connectivity index (χ1n) is 11.8. The Morgan fingerprint density at radius 3 is 2.50 bits per heavy atom. The molecule has 3 aliphatic rings. The third-order valence-electron chi connectivity index (χ3n) is 6.45. The number of pyridine rings is 1. The van der Waals surface area contributed by atoms with E-state index in [-0.39, 0.29) is 6.04 Å². The maximum Gasteiger partial charge on any atom is 0.0886 e. The molecule has 34 heavy (non-hydrogen) atoms. The quantitative estimate of drug-likeness (QED) is 0.340. The van der Waals surface area contributed by atoms with Crippen LogP contribution in [0.15, 0.2) is 90.1 Å². The summed E-state index contributed by atoms with van der Waals surface area (Å²) in [6.45, 7) is 3.53. The second-order valence-corrected chi connectivity index (χ2v) is 8.79. The molecule has 0 radical (unpaired) electrons. The van der Waals surface area contributed by atoms with Crippen LogP contribution in [0.2, 0.25) is 0 Å². The lowest BCUT2D eigenvalue weighted by Crippen LogP contribution is -2.23. The van der Waals surface area contributed by atoms with Crippen LogP contribution in [0.1, 0.15) is 18.5 Å². The maximum atomic E-state index is 5.58. The zero-order chi connectivity index (χ0) is 22.9. The molecule has 0 spiro atoms. The average Bonchev–Trinajstić information content (AvgIpc) is 2.89. The van der Waals surface area contributed by atoms with Crippen LogP contribution in [0, 0.1) is 6.92 Å². The summed E-state index contributed by atoms with van der Waals surface area (Å²) >= 11 is 0. The lowest BCUT2D eigenvalue weighted by molar-refractivity contribution is 0.0864. The molecule has 0 unspecified atom stereocenters. The maximum absolute atomic E-state index is 5.58. The van der Waals surface area contributed by atoms with Crippen molar-refractivity contribution in [1.82, 2.24) is 14.5 Å². The zero-order valence-electron chi connectivity index (χ0n) is 19.2. The molecular weight excluding hydrogens is 420 g/mol. The van der Waals surface area contributed by atoms with Gasteiger partial charge in [-0.25, -0.2) is 4.98 Å². The SMILES string of the molecule is Cc1ccc(-c2cc3nc4ccccc4n(-c4ccccc4)c-3cc2=NC2CCOCC2)cn1. The van der Waals surface area contributed by atoms with E-state index >= 15 is 0 Å². The summed E-state index contributed by atoms with van der Waals surface area (Å²) in [5.74, 6) is 0. The number of fused-ring (bicyclic) bond motifs is 2. The monoisotopic (exact) mass is 446 g/mol. The van der Waals surface area contributed by atoms with Crippen molar-refractivity contribution in [3.63, 3.8) is 0 Å². The molecule has 1 fully saturated rings. The summed E-state index contributed by atoms with van der Waals surface area (Å²) in [7, 11) is 0. The minimum absolute atomic E-state index is 0.252. The predicted molar refractivity (Wildman–Crippen MR) is 135 cm³/mol. The molecule has 0 amide bonds. The van der Waals surface area contributed by atoms with Crippen LogP contribution in [-0.2, 0) is 4.74 Å². The Hall–Kier alpha value is -3.83. The van der Waals surface area contributed by atoms with Crippen molar-refractivity contribution in [3.8, 4) is 28.2 Å². The van der Waals surface area contributed by atoms with Crippen molar-refractivity contribution >= 4 is 11.0 Å². The molecule has 5 heteroatoms. The van der Waals surface area contributed by atoms with E-state index in [1.165, 1.54) is 0 Å². The summed E-state index contributed by atoms with van der Waals surface area (Å²) in [5.41, 5.74) is 8.23. The molecule has 5 nitrogen and oxygen atoms in total. The van der Waals surface area contributed by atoms with Crippen LogP contribution in [0.4, 0.5) is 0 Å². The first kappa shape index (κ1) is 20.8. The van der Waals surface area contributed by atoms with Crippen LogP contribution in [0.3, 0.4) is 0 Å². The summed E-state index contributed by atoms with van der Waals surface area (Å²) in [6.07, 6.45) is 3.82. The van der Waals surface area contributed by atoms with Gasteiger partial charge in [-0.05, 0) is 62.2 Å². The van der Waals surface area contributed by atoms with Crippen LogP contribution in [0.25, 0.3) is 39.2 Å². The van der Waals surface area contributed by atoms with Crippen LogP contribution in [-0.4, -0.2) is 33.8 Å². The Labute approximate surface area is 198 Å². The molecule has 1 saturated heterocycles. The molecule has 0 bridgehead atoms. The summed E-state index contributed by atoms with van der Waals surface area (Å²) < 4.78 is 7.87. The van der Waals surface area contributed by atoms with Crippen LogP contribution in [0.5, 0.6) is 0 Å². The average molecular weight is 447 g/mol. The number of aryl methyl sites for hydroxylation is 1. The fraction of sp³-hybridized carbons (Fsp3) is 0.207. The molecule has 2 aromatic carbocycles. The highest BCUT2D eigenvalue weighted by molar-refractivity contribution is 5.84. The number of rotatable bonds is 3. The molecule has 0 atom stereocenters. The molecule has 1 aromatic heterocycles. The fourth-order valence-electron chi connectivity index (χ4n) is 4.67. The number of aromatic nitrogens is 3. The van der Waals surface area contributed by atoms with Gasteiger partial charge in [-0.1, -0.05) is 36.4 Å². The number of ether oxygens (including phenoxy) is 1. The van der Waals surface area contributed by atoms with Gasteiger partial charge in [0.15, 0.2) is 0 Å². The number of benzene rings is 3. The van der Waals surface area contributed by atoms with Gasteiger partial charge >= 0.3 is 0 Å². The molecule has 3 heterocycles. The number of para-hydroxylation sites is 3. The highest BCUT2D eigenvalue weighted by Crippen LogP contribution is 2.31. The highest BCUT2D eigenvalue weighted by Gasteiger charge is 2.18. The third-order valence-corrected chi connectivity index (χ3v) is 6.45. The lowest BCUT2D eigenvalue weighted by Gasteiger charge is -2.21. The van der Waals surface area contributed by atoms with E-state index in [0.29, 0.717) is 0 Å². The molecule has 0 saturated carbocycles. The van der Waals surface area contributed by atoms with Crippen molar-refractivity contribution in [2.45, 2.75) is 25.8 Å². The lowest BCUT2D eigenvalue weighted by atomic mass is 10.0. The normalized spacial score (nSPS) is 15.3. The van der Waals surface area contributed by atoms with Crippen LogP contribution < -0.4 is 5.36 Å². The van der Waals surface area contributed by atoms with Gasteiger partial charge in [0, 0.05) is 41.9 Å². The summed E-state index contributed by atoms with van der Waals surface area (Å²) in [4.78, 5) is 14.8. The zero-order valence-corrected chi connectivity index (χ0v) is 19.2. The highest BCUT2D eigenvalue weighted by atomic mass is 16.5. The van der Waals surface area contributed by atoms with Gasteiger partial charge in [0.2, 0.25) is 0 Å². The molecule has 3 aromatic rings. The van der Waals surface area contributed by atoms with E-state index < -0.39 is 0 Å². The van der Waals surface area contributed by atoms with Crippen LogP contribution >= 0.6 is 0 Å². The van der Waals surface area contributed by atoms with Gasteiger partial charge in [-0.2, -0.15) is 0 Å². The minimum Gasteiger partial charge on any atom is -0.381 e. The van der Waals surface area contributed by atoms with E-state index in [4.69, 9.17) is 14.7 Å². The van der Waals surface area contributed by atoms with E-state index in [1.807, 2.05) is 25.3 Å². The second kappa shape index (κ2) is 8.84. The molecule has 2 aliphatic heterocycles. The van der Waals surface area contributed by atoms with Gasteiger partial charge in [-0.3, -0.25) is 9.98 Å². The molecule has 168 valence electrons. The number of hydrogen-bond acceptors (Lipinski definition) is 4. The Morgan fingerprint density at radius 1 is 0.912 bits per heavy atom. The van der Waals surface area contributed by atoms with E-state index in [0.717, 1.165) is 76.3 Å². The Balaban J connectivity index is 1.68. The van der Waals surface area contributed by atoms with Crippen molar-refractivity contribution in [1.29, 1.82) is 0 Å². The first-order chi connectivity index (χ1) is 16.8. The van der Waals surface area contributed by atoms with Crippen molar-refractivity contribution in [3.05, 3.63) is 96.1 Å². The van der Waals surface area contributed by atoms with E-state index in [2.05, 4.69) is 76.3 Å². The van der Waals surface area contributed by atoms with Crippen molar-refractivity contribution < 1.29 is 4.74 Å². The fourth-order valence-corrected chi connectivity index (χ4v) is 4.67. The summed E-state index contributed by atoms with van der Waals surface area (Å²) in [6, 6.07) is 27.6. The number of hydrogen-bond donors (Lipinski definition) is 0. The van der Waals surface area contributed by atoms with Crippen molar-refractivity contribution in [2.75, 3.05) is 13.2 Å². The predicted octanol–water partition coefficient (Wildman–Crippen LogP) is 5.58. The Morgan fingerprint density at radius 2 is 1.71 bits per heavy atom. The van der Waals surface area contributed by atoms with Gasteiger partial charge in [0.05, 0.1) is 33.8 Å². The standard InChI is InChI=1S/C29H26N4O/c1-20-11-12-21(19-30-20)24-17-27-29(18-26(24)31-22-13-15-34-16-14-22)33(23-7-3-2-4-8-23)28-10-6-5-9-25(28)32-27/h2-12,17-19,22H,13-16H2,1H3. The Bertz CT molecular complexity index is 1480. The van der Waals surface area contributed by atoms with E-state index in [1.54, 1.807) is 0 Å². The molecule has 1 aliphatic carbocycles. The largest absolute Gasteiger partial charge is 0.381 e. The first-order valence-corrected chi connectivity index (χ1v) is 11.8. The molecular formula is C29H26N4O. The second-order valence-electron chi connectivity index (χ2n) is 8.79. The topological polar surface area (TPSA) is 52.3 Å². The van der Waals surface area contributed by atoms with Gasteiger partial charge < -0.3 is 9.30 Å². The smallest absolute Gasteiger partial charge is 0.0886 e. The van der Waals surface area contributed by atoms with Crippen molar-refractivity contribution in [2.24, 2.45) is 4.99 Å². The van der Waals surface area contributed by atoms with Gasteiger partial charge in [0.1, 0.15) is 0 Å². The van der Waals surface area contributed by atoms with Gasteiger partial charge in [0.25, 0.3) is 0 Å². The van der Waals surface area contributed by atoms with Gasteiger partial charge in [-0.15, -0.1) is 0 Å². The Kier molecular flexibility index (Phi) is 5.40. The third kappa shape index (κ3) is 3.88. The minimum atomic E-state index is 0.252. The molecule has 0 N–H and O–H groups in total. The number of nitrogens with zero attached hydrogens (tertiary/aromatic N) is 4. The van der Waals surface area contributed by atoms with E-state index in [9.17, 15) is 0 Å². The molecule has 6 rings (SSSR count).